The molecule has 1 amide bonds. The minimum Gasteiger partial charge on any atom is -0.341 e. The summed E-state index contributed by atoms with van der Waals surface area (Å²) in [4.78, 5) is 18.5. The van der Waals surface area contributed by atoms with Gasteiger partial charge in [0.25, 0.3) is 0 Å². The van der Waals surface area contributed by atoms with Gasteiger partial charge >= 0.3 is 0 Å². The van der Waals surface area contributed by atoms with Crippen LogP contribution in [0.15, 0.2) is 29.4 Å². The van der Waals surface area contributed by atoms with Gasteiger partial charge in [-0.3, -0.25) is 4.79 Å². The fourth-order valence-electron chi connectivity index (χ4n) is 2.52. The number of thioether (sulfide) groups is 1. The monoisotopic (exact) mass is 363 g/mol. The Bertz CT molecular complexity index is 729. The zero-order chi connectivity index (χ0) is 18.4. The number of benzene rings is 1. The van der Waals surface area contributed by atoms with E-state index < -0.39 is 0 Å². The summed E-state index contributed by atoms with van der Waals surface area (Å²) < 4.78 is 15.9. The van der Waals surface area contributed by atoms with Crippen LogP contribution in [0.4, 0.5) is 4.39 Å². The minimum absolute atomic E-state index is 0.0337. The van der Waals surface area contributed by atoms with Gasteiger partial charge in [-0.1, -0.05) is 43.3 Å². The van der Waals surface area contributed by atoms with Crippen LogP contribution < -0.4 is 0 Å². The third-order valence-corrected chi connectivity index (χ3v) is 5.24. The van der Waals surface area contributed by atoms with Crippen molar-refractivity contribution >= 4 is 17.7 Å². The molecule has 0 aliphatic rings. The lowest BCUT2D eigenvalue weighted by Crippen LogP contribution is -2.28. The Morgan fingerprint density at radius 1 is 1.32 bits per heavy atom. The molecule has 1 aromatic heterocycles. The summed E-state index contributed by atoms with van der Waals surface area (Å²) in [5.41, 5.74) is 2.69. The number of aromatic nitrogens is 2. The van der Waals surface area contributed by atoms with Crippen LogP contribution in [-0.4, -0.2) is 33.2 Å². The molecule has 136 valence electrons. The van der Waals surface area contributed by atoms with Gasteiger partial charge in [0.2, 0.25) is 5.91 Å². The topological polar surface area (TPSA) is 38.1 Å². The lowest BCUT2D eigenvalue weighted by atomic mass is 10.2. The van der Waals surface area contributed by atoms with Crippen molar-refractivity contribution in [2.75, 3.05) is 12.8 Å². The molecule has 1 heterocycles. The minimum atomic E-state index is -0.281. The fourth-order valence-corrected chi connectivity index (χ4v) is 3.58. The molecular formula is C19H26FN3OS. The molecule has 0 radical (unpaired) electrons. The maximum atomic E-state index is 13.7. The summed E-state index contributed by atoms with van der Waals surface area (Å²) in [6.45, 7) is 7.41. The third kappa shape index (κ3) is 5.08. The first-order valence-electron chi connectivity index (χ1n) is 8.58. The molecule has 1 aromatic carbocycles. The Morgan fingerprint density at radius 3 is 2.72 bits per heavy atom. The van der Waals surface area contributed by atoms with Crippen LogP contribution >= 0.6 is 11.8 Å². The van der Waals surface area contributed by atoms with Crippen LogP contribution in [-0.2, 0) is 17.9 Å². The number of hydrogen-bond acceptors (Lipinski definition) is 3. The van der Waals surface area contributed by atoms with Crippen molar-refractivity contribution in [3.63, 3.8) is 0 Å². The molecule has 0 N–H and O–H groups in total. The van der Waals surface area contributed by atoms with E-state index in [1.165, 1.54) is 17.8 Å². The van der Waals surface area contributed by atoms with E-state index in [2.05, 4.69) is 23.4 Å². The van der Waals surface area contributed by atoms with Gasteiger partial charge in [-0.2, -0.15) is 0 Å². The van der Waals surface area contributed by atoms with Gasteiger partial charge in [-0.25, -0.2) is 9.37 Å². The smallest absolute Gasteiger partial charge is 0.233 e. The predicted molar refractivity (Wildman–Crippen MR) is 100 cm³/mol. The second-order valence-corrected chi connectivity index (χ2v) is 7.14. The van der Waals surface area contributed by atoms with E-state index in [-0.39, 0.29) is 18.3 Å². The first-order chi connectivity index (χ1) is 11.9. The highest BCUT2D eigenvalue weighted by molar-refractivity contribution is 7.99. The maximum Gasteiger partial charge on any atom is 0.233 e. The molecule has 0 unspecified atom stereocenters. The Kier molecular flexibility index (Phi) is 7.05. The number of rotatable bonds is 8. The number of halogens is 1. The average Bonchev–Trinajstić information content (AvgIpc) is 2.86. The van der Waals surface area contributed by atoms with Gasteiger partial charge in [-0.05, 0) is 26.3 Å². The Balaban J connectivity index is 1.97. The number of hydrogen-bond donors (Lipinski definition) is 0. The Labute approximate surface area is 153 Å². The summed E-state index contributed by atoms with van der Waals surface area (Å²) in [6, 6.07) is 6.55. The summed E-state index contributed by atoms with van der Waals surface area (Å²) in [6.07, 6.45) is 2.20. The number of nitrogens with zero attached hydrogens (tertiary/aromatic N) is 3. The number of carbonyl (C=O) groups excluding carboxylic acids is 1. The van der Waals surface area contributed by atoms with E-state index in [9.17, 15) is 9.18 Å². The van der Waals surface area contributed by atoms with Crippen molar-refractivity contribution in [2.24, 2.45) is 0 Å². The Morgan fingerprint density at radius 2 is 2.04 bits per heavy atom. The summed E-state index contributed by atoms with van der Waals surface area (Å²) >= 11 is 1.45. The number of amides is 1. The van der Waals surface area contributed by atoms with E-state index in [1.54, 1.807) is 30.1 Å². The predicted octanol–water partition coefficient (Wildman–Crippen LogP) is 4.19. The molecular weight excluding hydrogens is 337 g/mol. The number of imidazole rings is 1. The summed E-state index contributed by atoms with van der Waals surface area (Å²) in [7, 11) is 1.70. The molecule has 6 heteroatoms. The molecule has 0 aliphatic carbocycles. The van der Waals surface area contributed by atoms with Crippen LogP contribution in [0.1, 0.15) is 36.7 Å². The second-order valence-electron chi connectivity index (χ2n) is 6.20. The maximum absolute atomic E-state index is 13.7. The molecule has 2 rings (SSSR count). The Hall–Kier alpha value is -1.82. The van der Waals surface area contributed by atoms with E-state index >= 15 is 0 Å². The van der Waals surface area contributed by atoms with Crippen LogP contribution in [0.3, 0.4) is 0 Å². The zero-order valence-electron chi connectivity index (χ0n) is 15.4. The number of carbonyl (C=O) groups is 1. The molecule has 0 saturated heterocycles. The summed E-state index contributed by atoms with van der Waals surface area (Å²) in [5.74, 6) is -0.0165. The first-order valence-corrected chi connectivity index (χ1v) is 9.56. The van der Waals surface area contributed by atoms with Gasteiger partial charge in [0.1, 0.15) is 5.82 Å². The van der Waals surface area contributed by atoms with E-state index in [0.29, 0.717) is 11.3 Å². The van der Waals surface area contributed by atoms with E-state index in [4.69, 9.17) is 0 Å². The highest BCUT2D eigenvalue weighted by Crippen LogP contribution is 2.22. The molecule has 0 aliphatic heterocycles. The molecule has 0 bridgehead atoms. The molecule has 0 saturated carbocycles. The normalized spacial score (nSPS) is 10.9. The molecule has 2 aromatic rings. The van der Waals surface area contributed by atoms with Crippen LogP contribution in [0, 0.1) is 19.7 Å². The largest absolute Gasteiger partial charge is 0.341 e. The SMILES string of the molecule is CCCCn1c(SCC(=O)N(C)Cc2ccccc2F)nc(C)c1C. The second kappa shape index (κ2) is 9.04. The van der Waals surface area contributed by atoms with Crippen molar-refractivity contribution in [2.45, 2.75) is 51.9 Å². The van der Waals surface area contributed by atoms with E-state index in [1.807, 2.05) is 6.92 Å². The van der Waals surface area contributed by atoms with Crippen molar-refractivity contribution in [1.82, 2.24) is 14.5 Å². The summed E-state index contributed by atoms with van der Waals surface area (Å²) in [5, 5.41) is 0.885. The first kappa shape index (κ1) is 19.5. The zero-order valence-corrected chi connectivity index (χ0v) is 16.2. The third-order valence-electron chi connectivity index (χ3n) is 4.27. The lowest BCUT2D eigenvalue weighted by molar-refractivity contribution is -0.127. The van der Waals surface area contributed by atoms with Gasteiger partial charge < -0.3 is 9.47 Å². The van der Waals surface area contributed by atoms with Crippen LogP contribution in [0.25, 0.3) is 0 Å². The fraction of sp³-hybridized carbons (Fsp3) is 0.474. The highest BCUT2D eigenvalue weighted by Gasteiger charge is 2.16. The molecule has 0 spiro atoms. The van der Waals surface area contributed by atoms with E-state index in [0.717, 1.165) is 35.9 Å². The standard InChI is InChI=1S/C19H26FN3OS/c1-5-6-11-23-15(3)14(2)21-19(23)25-13-18(24)22(4)12-16-9-7-8-10-17(16)20/h7-10H,5-6,11-13H2,1-4H3. The lowest BCUT2D eigenvalue weighted by Gasteiger charge is -2.17. The van der Waals surface area contributed by atoms with Crippen LogP contribution in [0.5, 0.6) is 0 Å². The molecule has 0 atom stereocenters. The average molecular weight is 364 g/mol. The molecule has 4 nitrogen and oxygen atoms in total. The quantitative estimate of drug-likeness (QED) is 0.660. The molecule has 0 fully saturated rings. The highest BCUT2D eigenvalue weighted by atomic mass is 32.2. The van der Waals surface area contributed by atoms with Crippen molar-refractivity contribution < 1.29 is 9.18 Å². The number of unbranched alkanes of at least 4 members (excludes halogenated alkanes) is 1. The van der Waals surface area contributed by atoms with Crippen LogP contribution in [0.2, 0.25) is 0 Å². The number of aryl methyl sites for hydroxylation is 1. The van der Waals surface area contributed by atoms with Crippen molar-refractivity contribution in [3.8, 4) is 0 Å². The van der Waals surface area contributed by atoms with Crippen molar-refractivity contribution in [3.05, 3.63) is 47.0 Å². The van der Waals surface area contributed by atoms with Gasteiger partial charge in [0.15, 0.2) is 5.16 Å². The van der Waals surface area contributed by atoms with Gasteiger partial charge in [0, 0.05) is 31.4 Å². The molecule has 25 heavy (non-hydrogen) atoms. The van der Waals surface area contributed by atoms with Gasteiger partial charge in [-0.15, -0.1) is 0 Å². The van der Waals surface area contributed by atoms with Crippen molar-refractivity contribution in [1.29, 1.82) is 0 Å². The van der Waals surface area contributed by atoms with Gasteiger partial charge in [0.05, 0.1) is 11.4 Å².